The largest absolute Gasteiger partial charge is 0.340 e. The topological polar surface area (TPSA) is 56.0 Å². The van der Waals surface area contributed by atoms with Gasteiger partial charge in [-0.25, -0.2) is 0 Å². The van der Waals surface area contributed by atoms with Gasteiger partial charge in [0.1, 0.15) is 0 Å². The summed E-state index contributed by atoms with van der Waals surface area (Å²) < 4.78 is 5.71. The van der Waals surface area contributed by atoms with Crippen LogP contribution < -0.4 is 0 Å². The Morgan fingerprint density at radius 1 is 1.30 bits per heavy atom. The Morgan fingerprint density at radius 2 is 2.00 bits per heavy atom. The SMILES string of the molecule is CCn1ncc(Br)c1CN(C)C(=O)CCn1nc(C)c(Br)c1C. The average molecular weight is 447 g/mol. The van der Waals surface area contributed by atoms with Crippen molar-refractivity contribution in [3.05, 3.63) is 32.2 Å². The summed E-state index contributed by atoms with van der Waals surface area (Å²) in [5, 5.41) is 8.71. The van der Waals surface area contributed by atoms with Crippen molar-refractivity contribution >= 4 is 37.8 Å². The first-order valence-electron chi connectivity index (χ1n) is 7.48. The molecule has 126 valence electrons. The summed E-state index contributed by atoms with van der Waals surface area (Å²) in [4.78, 5) is 14.1. The minimum atomic E-state index is 0.0874. The molecule has 0 radical (unpaired) electrons. The van der Waals surface area contributed by atoms with Crippen LogP contribution in [0.15, 0.2) is 15.1 Å². The Balaban J connectivity index is 1.97. The van der Waals surface area contributed by atoms with Crippen LogP contribution in [0, 0.1) is 13.8 Å². The van der Waals surface area contributed by atoms with Crippen molar-refractivity contribution in [1.82, 2.24) is 24.5 Å². The molecule has 8 heteroatoms. The maximum Gasteiger partial charge on any atom is 0.224 e. The highest BCUT2D eigenvalue weighted by Crippen LogP contribution is 2.20. The van der Waals surface area contributed by atoms with Crippen molar-refractivity contribution in [3.63, 3.8) is 0 Å². The van der Waals surface area contributed by atoms with Crippen LogP contribution in [-0.4, -0.2) is 37.4 Å². The number of rotatable bonds is 6. The van der Waals surface area contributed by atoms with Gasteiger partial charge in [0.15, 0.2) is 0 Å². The Morgan fingerprint density at radius 3 is 2.57 bits per heavy atom. The molecule has 6 nitrogen and oxygen atoms in total. The van der Waals surface area contributed by atoms with Gasteiger partial charge < -0.3 is 4.90 Å². The summed E-state index contributed by atoms with van der Waals surface area (Å²) in [6.07, 6.45) is 2.19. The first-order chi connectivity index (χ1) is 10.8. The zero-order chi connectivity index (χ0) is 17.1. The van der Waals surface area contributed by atoms with Crippen LogP contribution >= 0.6 is 31.9 Å². The Kier molecular flexibility index (Phi) is 6.02. The first-order valence-corrected chi connectivity index (χ1v) is 9.07. The number of aromatic nitrogens is 4. The second-order valence-corrected chi connectivity index (χ2v) is 7.11. The molecule has 0 fully saturated rings. The van der Waals surface area contributed by atoms with E-state index in [-0.39, 0.29) is 5.91 Å². The molecule has 0 saturated carbocycles. The van der Waals surface area contributed by atoms with Gasteiger partial charge in [-0.2, -0.15) is 10.2 Å². The van der Waals surface area contributed by atoms with Crippen LogP contribution in [0.3, 0.4) is 0 Å². The molecule has 0 bridgehead atoms. The number of halogens is 2. The molecule has 0 N–H and O–H groups in total. The fourth-order valence-corrected chi connectivity index (χ4v) is 3.12. The van der Waals surface area contributed by atoms with Crippen molar-refractivity contribution in [2.45, 2.75) is 46.8 Å². The summed E-state index contributed by atoms with van der Waals surface area (Å²) in [7, 11) is 1.82. The number of aryl methyl sites for hydroxylation is 3. The minimum Gasteiger partial charge on any atom is -0.340 e. The quantitative estimate of drug-likeness (QED) is 0.683. The van der Waals surface area contributed by atoms with Crippen molar-refractivity contribution < 1.29 is 4.79 Å². The van der Waals surface area contributed by atoms with Crippen molar-refractivity contribution in [1.29, 1.82) is 0 Å². The monoisotopic (exact) mass is 445 g/mol. The number of carbonyl (C=O) groups excluding carboxylic acids is 1. The van der Waals surface area contributed by atoms with E-state index in [9.17, 15) is 4.79 Å². The van der Waals surface area contributed by atoms with Gasteiger partial charge in [0.25, 0.3) is 0 Å². The predicted molar refractivity (Wildman–Crippen MR) is 96.1 cm³/mol. The molecule has 0 spiro atoms. The second-order valence-electron chi connectivity index (χ2n) is 5.46. The maximum absolute atomic E-state index is 12.4. The van der Waals surface area contributed by atoms with Crippen LogP contribution in [0.2, 0.25) is 0 Å². The smallest absolute Gasteiger partial charge is 0.224 e. The third kappa shape index (κ3) is 4.03. The molecule has 2 aromatic rings. The molecule has 2 rings (SSSR count). The van der Waals surface area contributed by atoms with Gasteiger partial charge in [-0.05, 0) is 52.6 Å². The number of nitrogens with zero attached hydrogens (tertiary/aromatic N) is 5. The molecule has 2 aromatic heterocycles. The fraction of sp³-hybridized carbons (Fsp3) is 0.533. The number of hydrogen-bond donors (Lipinski definition) is 0. The number of carbonyl (C=O) groups is 1. The van der Waals surface area contributed by atoms with Gasteiger partial charge in [0.05, 0.1) is 39.6 Å². The number of hydrogen-bond acceptors (Lipinski definition) is 3. The van der Waals surface area contributed by atoms with E-state index in [0.717, 1.165) is 32.6 Å². The lowest BCUT2D eigenvalue weighted by molar-refractivity contribution is -0.130. The fourth-order valence-electron chi connectivity index (χ4n) is 2.42. The highest BCUT2D eigenvalue weighted by Gasteiger charge is 2.16. The second kappa shape index (κ2) is 7.61. The van der Waals surface area contributed by atoms with E-state index in [2.05, 4.69) is 42.1 Å². The van der Waals surface area contributed by atoms with Crippen LogP contribution in [0.1, 0.15) is 30.4 Å². The van der Waals surface area contributed by atoms with Crippen LogP contribution in [-0.2, 0) is 24.4 Å². The molecule has 0 aliphatic heterocycles. The zero-order valence-corrected chi connectivity index (χ0v) is 17.0. The summed E-state index contributed by atoms with van der Waals surface area (Å²) in [6, 6.07) is 0. The van der Waals surface area contributed by atoms with E-state index in [0.29, 0.717) is 19.5 Å². The van der Waals surface area contributed by atoms with Gasteiger partial charge in [-0.1, -0.05) is 0 Å². The Bertz CT molecular complexity index is 707. The Hall–Kier alpha value is -1.15. The predicted octanol–water partition coefficient (Wildman–Crippen LogP) is 3.29. The first kappa shape index (κ1) is 18.2. The van der Waals surface area contributed by atoms with Crippen molar-refractivity contribution in [2.24, 2.45) is 0 Å². The summed E-state index contributed by atoms with van der Waals surface area (Å²) in [6.45, 7) is 7.87. The van der Waals surface area contributed by atoms with E-state index in [4.69, 9.17) is 0 Å². The van der Waals surface area contributed by atoms with Crippen molar-refractivity contribution in [2.75, 3.05) is 7.05 Å². The molecule has 1 amide bonds. The van der Waals surface area contributed by atoms with Gasteiger partial charge >= 0.3 is 0 Å². The summed E-state index contributed by atoms with van der Waals surface area (Å²) in [5.41, 5.74) is 3.00. The van der Waals surface area contributed by atoms with E-state index < -0.39 is 0 Å². The molecular weight excluding hydrogens is 426 g/mol. The van der Waals surface area contributed by atoms with Crippen LogP contribution in [0.25, 0.3) is 0 Å². The molecule has 0 unspecified atom stereocenters. The normalized spacial score (nSPS) is 11.0. The molecule has 0 atom stereocenters. The van der Waals surface area contributed by atoms with Gasteiger partial charge in [0, 0.05) is 25.7 Å². The Labute approximate surface area is 153 Å². The molecule has 23 heavy (non-hydrogen) atoms. The minimum absolute atomic E-state index is 0.0874. The lowest BCUT2D eigenvalue weighted by Gasteiger charge is -2.18. The zero-order valence-electron chi connectivity index (χ0n) is 13.8. The lowest BCUT2D eigenvalue weighted by Crippen LogP contribution is -2.28. The van der Waals surface area contributed by atoms with Crippen molar-refractivity contribution in [3.8, 4) is 0 Å². The standard InChI is InChI=1S/C15H21Br2N5O/c1-5-21-13(12(16)8-18-21)9-20(4)14(23)6-7-22-11(3)15(17)10(2)19-22/h8H,5-7,9H2,1-4H3. The molecule has 0 aromatic carbocycles. The van der Waals surface area contributed by atoms with Gasteiger partial charge in [-0.3, -0.25) is 14.2 Å². The highest BCUT2D eigenvalue weighted by atomic mass is 79.9. The molecule has 2 heterocycles. The van der Waals surface area contributed by atoms with Gasteiger partial charge in [0.2, 0.25) is 5.91 Å². The third-order valence-corrected chi connectivity index (χ3v) is 5.65. The van der Waals surface area contributed by atoms with E-state index in [1.54, 1.807) is 11.1 Å². The molecule has 0 aliphatic carbocycles. The van der Waals surface area contributed by atoms with E-state index >= 15 is 0 Å². The molecule has 0 saturated heterocycles. The van der Waals surface area contributed by atoms with E-state index in [1.807, 2.05) is 37.2 Å². The summed E-state index contributed by atoms with van der Waals surface area (Å²) in [5.74, 6) is 0.0874. The van der Waals surface area contributed by atoms with E-state index in [1.165, 1.54) is 0 Å². The lowest BCUT2D eigenvalue weighted by atomic mass is 10.3. The molecular formula is C15H21Br2N5O. The van der Waals surface area contributed by atoms with Gasteiger partial charge in [-0.15, -0.1) is 0 Å². The highest BCUT2D eigenvalue weighted by molar-refractivity contribution is 9.10. The number of amides is 1. The maximum atomic E-state index is 12.4. The summed E-state index contributed by atoms with van der Waals surface area (Å²) >= 11 is 7.00. The van der Waals surface area contributed by atoms with Crippen LogP contribution in [0.5, 0.6) is 0 Å². The van der Waals surface area contributed by atoms with Crippen LogP contribution in [0.4, 0.5) is 0 Å². The molecule has 0 aliphatic rings. The third-order valence-electron chi connectivity index (χ3n) is 3.84. The average Bonchev–Trinajstić information content (AvgIpc) is 3.00.